The lowest BCUT2D eigenvalue weighted by atomic mass is 10.0. The smallest absolute Gasteiger partial charge is 0.268 e. The number of benzene rings is 1. The number of rotatable bonds is 4. The Morgan fingerprint density at radius 1 is 1.25 bits per heavy atom. The fraction of sp³-hybridized carbons (Fsp3) is 0.250. The molecular weight excluding hydrogens is 270 g/mol. The summed E-state index contributed by atoms with van der Waals surface area (Å²) in [6.45, 7) is 8.08. The predicted octanol–water partition coefficient (Wildman–Crippen LogP) is 4.03. The largest absolute Gasteiger partial charge is 0.293 e. The van der Waals surface area contributed by atoms with E-state index in [0.717, 1.165) is 17.3 Å². The summed E-state index contributed by atoms with van der Waals surface area (Å²) >= 11 is 0.978. The maximum Gasteiger partial charge on any atom is 0.293 e. The van der Waals surface area contributed by atoms with Gasteiger partial charge >= 0.3 is 0 Å². The maximum atomic E-state index is 12.1. The van der Waals surface area contributed by atoms with E-state index in [-0.39, 0.29) is 17.7 Å². The number of thioether (sulfide) groups is 1. The van der Waals surface area contributed by atoms with Gasteiger partial charge in [-0.15, -0.1) is 6.58 Å². The van der Waals surface area contributed by atoms with Crippen molar-refractivity contribution in [1.29, 1.82) is 0 Å². The molecule has 1 heterocycles. The number of amides is 2. The first-order valence-electron chi connectivity index (χ1n) is 6.49. The van der Waals surface area contributed by atoms with Gasteiger partial charge in [-0.3, -0.25) is 14.5 Å². The molecule has 20 heavy (non-hydrogen) atoms. The fourth-order valence-electron chi connectivity index (χ4n) is 1.91. The lowest BCUT2D eigenvalue weighted by Crippen LogP contribution is -2.27. The van der Waals surface area contributed by atoms with Crippen LogP contribution in [0.25, 0.3) is 6.08 Å². The van der Waals surface area contributed by atoms with Crippen LogP contribution in [-0.2, 0) is 4.79 Å². The Bertz CT molecular complexity index is 573. The highest BCUT2D eigenvalue weighted by Crippen LogP contribution is 2.32. The van der Waals surface area contributed by atoms with Crippen molar-refractivity contribution in [3.05, 3.63) is 53.0 Å². The Balaban J connectivity index is 2.21. The van der Waals surface area contributed by atoms with Crippen molar-refractivity contribution in [3.8, 4) is 0 Å². The standard InChI is InChI=1S/C16H17NO2S/c1-4-9-17-15(18)14(20-16(17)19)10-12-5-7-13(8-6-12)11(2)3/h4-8,10-11H,1,9H2,2-3H3/b14-10+. The first-order chi connectivity index (χ1) is 9.52. The van der Waals surface area contributed by atoms with Gasteiger partial charge in [-0.05, 0) is 34.9 Å². The van der Waals surface area contributed by atoms with E-state index in [2.05, 4.69) is 20.4 Å². The van der Waals surface area contributed by atoms with E-state index in [0.29, 0.717) is 10.8 Å². The molecule has 0 spiro atoms. The second-order valence-electron chi connectivity index (χ2n) is 4.90. The SMILES string of the molecule is C=CCN1C(=O)S/C(=C/c2ccc(C(C)C)cc2)C1=O. The van der Waals surface area contributed by atoms with E-state index in [1.54, 1.807) is 12.2 Å². The van der Waals surface area contributed by atoms with Crippen LogP contribution in [0.2, 0.25) is 0 Å². The lowest BCUT2D eigenvalue weighted by Gasteiger charge is -2.08. The van der Waals surface area contributed by atoms with Crippen LogP contribution < -0.4 is 0 Å². The second kappa shape index (κ2) is 6.09. The summed E-state index contributed by atoms with van der Waals surface area (Å²) in [5.41, 5.74) is 2.18. The van der Waals surface area contributed by atoms with Crippen LogP contribution in [0.4, 0.5) is 4.79 Å². The molecule has 1 aromatic carbocycles. The van der Waals surface area contributed by atoms with E-state index < -0.39 is 0 Å². The van der Waals surface area contributed by atoms with Crippen molar-refractivity contribution in [1.82, 2.24) is 4.90 Å². The van der Waals surface area contributed by atoms with Gasteiger partial charge in [-0.2, -0.15) is 0 Å². The predicted molar refractivity (Wildman–Crippen MR) is 83.4 cm³/mol. The molecule has 0 bridgehead atoms. The molecule has 2 rings (SSSR count). The minimum absolute atomic E-state index is 0.236. The average molecular weight is 287 g/mol. The van der Waals surface area contributed by atoms with Gasteiger partial charge in [0.15, 0.2) is 0 Å². The zero-order chi connectivity index (χ0) is 14.7. The molecule has 4 heteroatoms. The van der Waals surface area contributed by atoms with Crippen molar-refractivity contribution >= 4 is 29.0 Å². The fourth-order valence-corrected chi connectivity index (χ4v) is 2.76. The van der Waals surface area contributed by atoms with Crippen LogP contribution in [0, 0.1) is 0 Å². The minimum Gasteiger partial charge on any atom is -0.268 e. The Morgan fingerprint density at radius 2 is 1.90 bits per heavy atom. The average Bonchev–Trinajstić information content (AvgIpc) is 2.67. The molecule has 0 radical (unpaired) electrons. The summed E-state index contributed by atoms with van der Waals surface area (Å²) in [6, 6.07) is 8.03. The highest BCUT2D eigenvalue weighted by Gasteiger charge is 2.33. The number of hydrogen-bond donors (Lipinski definition) is 0. The normalized spacial score (nSPS) is 17.4. The van der Waals surface area contributed by atoms with E-state index >= 15 is 0 Å². The highest BCUT2D eigenvalue weighted by molar-refractivity contribution is 8.18. The quantitative estimate of drug-likeness (QED) is 0.619. The Kier molecular flexibility index (Phi) is 4.45. The molecule has 0 unspecified atom stereocenters. The molecule has 1 saturated heterocycles. The van der Waals surface area contributed by atoms with Crippen molar-refractivity contribution in [3.63, 3.8) is 0 Å². The summed E-state index contributed by atoms with van der Waals surface area (Å²) in [4.78, 5) is 25.4. The molecule has 3 nitrogen and oxygen atoms in total. The molecule has 1 aliphatic rings. The Morgan fingerprint density at radius 3 is 2.45 bits per heavy atom. The summed E-state index contributed by atoms with van der Waals surface area (Å²) in [5.74, 6) is 0.233. The molecule has 104 valence electrons. The van der Waals surface area contributed by atoms with Gasteiger partial charge in [-0.1, -0.05) is 44.2 Å². The molecular formula is C16H17NO2S. The molecule has 1 aliphatic heterocycles. The van der Waals surface area contributed by atoms with Crippen LogP contribution in [0.1, 0.15) is 30.9 Å². The monoisotopic (exact) mass is 287 g/mol. The first kappa shape index (κ1) is 14.6. The number of imide groups is 1. The van der Waals surface area contributed by atoms with Crippen LogP contribution >= 0.6 is 11.8 Å². The molecule has 0 aliphatic carbocycles. The van der Waals surface area contributed by atoms with Gasteiger partial charge in [0.2, 0.25) is 0 Å². The van der Waals surface area contributed by atoms with Crippen molar-refractivity contribution in [2.75, 3.05) is 6.54 Å². The Labute approximate surface area is 123 Å². The zero-order valence-corrected chi connectivity index (χ0v) is 12.4. The minimum atomic E-state index is -0.243. The van der Waals surface area contributed by atoms with E-state index in [1.807, 2.05) is 24.3 Å². The molecule has 0 atom stereocenters. The van der Waals surface area contributed by atoms with Crippen LogP contribution in [0.5, 0.6) is 0 Å². The molecule has 0 aromatic heterocycles. The first-order valence-corrected chi connectivity index (χ1v) is 7.31. The summed E-state index contributed by atoms with van der Waals surface area (Å²) in [5, 5.41) is -0.236. The molecule has 1 aromatic rings. The third kappa shape index (κ3) is 3.02. The van der Waals surface area contributed by atoms with Crippen molar-refractivity contribution < 1.29 is 9.59 Å². The van der Waals surface area contributed by atoms with E-state index in [9.17, 15) is 9.59 Å². The van der Waals surface area contributed by atoms with Crippen LogP contribution in [-0.4, -0.2) is 22.6 Å². The summed E-state index contributed by atoms with van der Waals surface area (Å²) in [7, 11) is 0. The van der Waals surface area contributed by atoms with Crippen LogP contribution in [0.15, 0.2) is 41.8 Å². The molecule has 1 fully saturated rings. The van der Waals surface area contributed by atoms with E-state index in [1.165, 1.54) is 10.5 Å². The number of hydrogen-bond acceptors (Lipinski definition) is 3. The molecule has 2 amide bonds. The zero-order valence-electron chi connectivity index (χ0n) is 11.6. The van der Waals surface area contributed by atoms with Gasteiger partial charge in [0, 0.05) is 6.54 Å². The lowest BCUT2D eigenvalue weighted by molar-refractivity contribution is -0.122. The Hall–Kier alpha value is -1.81. The van der Waals surface area contributed by atoms with Gasteiger partial charge in [-0.25, -0.2) is 0 Å². The number of carbonyl (C=O) groups excluding carboxylic acids is 2. The topological polar surface area (TPSA) is 37.4 Å². The second-order valence-corrected chi connectivity index (χ2v) is 5.90. The van der Waals surface area contributed by atoms with Crippen LogP contribution in [0.3, 0.4) is 0 Å². The third-order valence-electron chi connectivity index (χ3n) is 3.09. The third-order valence-corrected chi connectivity index (χ3v) is 3.99. The van der Waals surface area contributed by atoms with E-state index in [4.69, 9.17) is 0 Å². The number of nitrogens with zero attached hydrogens (tertiary/aromatic N) is 1. The summed E-state index contributed by atoms with van der Waals surface area (Å²) in [6.07, 6.45) is 3.31. The highest BCUT2D eigenvalue weighted by atomic mass is 32.2. The summed E-state index contributed by atoms with van der Waals surface area (Å²) < 4.78 is 0. The van der Waals surface area contributed by atoms with Gasteiger partial charge in [0.1, 0.15) is 0 Å². The molecule has 0 saturated carbocycles. The van der Waals surface area contributed by atoms with Gasteiger partial charge in [0.25, 0.3) is 11.1 Å². The molecule has 0 N–H and O–H groups in total. The maximum absolute atomic E-state index is 12.1. The van der Waals surface area contributed by atoms with Crippen molar-refractivity contribution in [2.24, 2.45) is 0 Å². The van der Waals surface area contributed by atoms with Gasteiger partial charge < -0.3 is 0 Å². The van der Waals surface area contributed by atoms with Crippen molar-refractivity contribution in [2.45, 2.75) is 19.8 Å². The number of carbonyl (C=O) groups is 2. The van der Waals surface area contributed by atoms with Gasteiger partial charge in [0.05, 0.1) is 4.91 Å².